The van der Waals surface area contributed by atoms with E-state index in [1.54, 1.807) is 7.05 Å². The lowest BCUT2D eigenvalue weighted by atomic mass is 10.1. The van der Waals surface area contributed by atoms with Gasteiger partial charge in [0.2, 0.25) is 0 Å². The second-order valence-electron chi connectivity index (χ2n) is 5.79. The van der Waals surface area contributed by atoms with Crippen molar-refractivity contribution in [3.8, 4) is 0 Å². The SMILES string of the molecule is CN=C(NCCc1nc2ccccc2[nH]1)NCc1cccc(C)c1.I. The highest BCUT2D eigenvalue weighted by atomic mass is 127. The fraction of sp³-hybridized carbons (Fsp3) is 0.263. The van der Waals surface area contributed by atoms with E-state index in [9.17, 15) is 0 Å². The molecule has 0 bridgehead atoms. The van der Waals surface area contributed by atoms with E-state index in [0.717, 1.165) is 42.3 Å². The largest absolute Gasteiger partial charge is 0.356 e. The topological polar surface area (TPSA) is 65.1 Å². The summed E-state index contributed by atoms with van der Waals surface area (Å²) in [6, 6.07) is 16.5. The molecule has 1 aromatic heterocycles. The van der Waals surface area contributed by atoms with Crippen LogP contribution in [0.4, 0.5) is 0 Å². The summed E-state index contributed by atoms with van der Waals surface area (Å²) in [6.07, 6.45) is 0.819. The highest BCUT2D eigenvalue weighted by Crippen LogP contribution is 2.10. The monoisotopic (exact) mass is 449 g/mol. The van der Waals surface area contributed by atoms with Crippen molar-refractivity contribution in [3.05, 3.63) is 65.5 Å². The molecule has 2 aromatic carbocycles. The maximum Gasteiger partial charge on any atom is 0.191 e. The first-order valence-corrected chi connectivity index (χ1v) is 8.18. The van der Waals surface area contributed by atoms with E-state index in [4.69, 9.17) is 0 Å². The number of hydrogen-bond acceptors (Lipinski definition) is 2. The molecule has 3 aromatic rings. The van der Waals surface area contributed by atoms with Gasteiger partial charge in [0.15, 0.2) is 5.96 Å². The fourth-order valence-corrected chi connectivity index (χ4v) is 2.65. The molecule has 1 heterocycles. The molecule has 132 valence electrons. The van der Waals surface area contributed by atoms with Gasteiger partial charge in [-0.05, 0) is 24.6 Å². The minimum Gasteiger partial charge on any atom is -0.356 e. The summed E-state index contributed by atoms with van der Waals surface area (Å²) in [6.45, 7) is 3.63. The number of aryl methyl sites for hydroxylation is 1. The van der Waals surface area contributed by atoms with Crippen molar-refractivity contribution in [2.45, 2.75) is 19.9 Å². The average molecular weight is 449 g/mol. The molecule has 0 unspecified atom stereocenters. The molecule has 0 saturated heterocycles. The van der Waals surface area contributed by atoms with E-state index in [1.807, 2.05) is 24.3 Å². The molecule has 3 N–H and O–H groups in total. The standard InChI is InChI=1S/C19H23N5.HI/c1-14-6-5-7-15(12-14)13-22-19(20-2)21-11-10-18-23-16-8-3-4-9-17(16)24-18;/h3-9,12H,10-11,13H2,1-2H3,(H,23,24)(H2,20,21,22);1H. The van der Waals surface area contributed by atoms with Crippen LogP contribution in [0.2, 0.25) is 0 Å². The Hall–Kier alpha value is -2.09. The molecule has 0 radical (unpaired) electrons. The Kier molecular flexibility index (Phi) is 7.24. The van der Waals surface area contributed by atoms with E-state index in [2.05, 4.69) is 56.8 Å². The smallest absolute Gasteiger partial charge is 0.191 e. The van der Waals surface area contributed by atoms with Gasteiger partial charge in [-0.1, -0.05) is 42.0 Å². The Morgan fingerprint density at radius 3 is 2.72 bits per heavy atom. The number of aromatic nitrogens is 2. The zero-order valence-electron chi connectivity index (χ0n) is 14.5. The van der Waals surface area contributed by atoms with Gasteiger partial charge in [-0.15, -0.1) is 24.0 Å². The Morgan fingerprint density at radius 1 is 1.12 bits per heavy atom. The summed E-state index contributed by atoms with van der Waals surface area (Å²) in [5.41, 5.74) is 4.60. The lowest BCUT2D eigenvalue weighted by Crippen LogP contribution is -2.37. The van der Waals surface area contributed by atoms with Crippen LogP contribution in [-0.2, 0) is 13.0 Å². The third-order valence-corrected chi connectivity index (χ3v) is 3.86. The number of aliphatic imine (C=N–C) groups is 1. The summed E-state index contributed by atoms with van der Waals surface area (Å²) in [5, 5.41) is 6.66. The number of rotatable bonds is 5. The van der Waals surface area contributed by atoms with Crippen LogP contribution < -0.4 is 10.6 Å². The van der Waals surface area contributed by atoms with Gasteiger partial charge in [-0.2, -0.15) is 0 Å². The number of para-hydroxylation sites is 2. The number of H-pyrrole nitrogens is 1. The highest BCUT2D eigenvalue weighted by molar-refractivity contribution is 14.0. The van der Waals surface area contributed by atoms with Crippen LogP contribution in [0.25, 0.3) is 11.0 Å². The summed E-state index contributed by atoms with van der Waals surface area (Å²) in [7, 11) is 1.78. The van der Waals surface area contributed by atoms with E-state index in [1.165, 1.54) is 11.1 Å². The van der Waals surface area contributed by atoms with Gasteiger partial charge >= 0.3 is 0 Å². The van der Waals surface area contributed by atoms with Gasteiger partial charge in [-0.25, -0.2) is 4.98 Å². The molecule has 0 aliphatic heterocycles. The fourth-order valence-electron chi connectivity index (χ4n) is 2.65. The van der Waals surface area contributed by atoms with Crippen LogP contribution >= 0.6 is 24.0 Å². The first-order chi connectivity index (χ1) is 11.7. The van der Waals surface area contributed by atoms with Crippen molar-refractivity contribution >= 4 is 41.0 Å². The Bertz CT molecular complexity index is 807. The van der Waals surface area contributed by atoms with Gasteiger partial charge in [-0.3, -0.25) is 4.99 Å². The molecule has 0 aliphatic carbocycles. The van der Waals surface area contributed by atoms with Crippen molar-refractivity contribution in [2.24, 2.45) is 4.99 Å². The van der Waals surface area contributed by atoms with Crippen LogP contribution in [0.5, 0.6) is 0 Å². The molecule has 0 spiro atoms. The molecule has 3 rings (SSSR count). The van der Waals surface area contributed by atoms with Crippen LogP contribution in [-0.4, -0.2) is 29.5 Å². The minimum atomic E-state index is 0. The zero-order valence-corrected chi connectivity index (χ0v) is 16.9. The van der Waals surface area contributed by atoms with Crippen molar-refractivity contribution in [3.63, 3.8) is 0 Å². The van der Waals surface area contributed by atoms with Gasteiger partial charge < -0.3 is 15.6 Å². The number of guanidine groups is 1. The average Bonchev–Trinajstić information content (AvgIpc) is 3.00. The Morgan fingerprint density at radius 2 is 1.96 bits per heavy atom. The van der Waals surface area contributed by atoms with Crippen LogP contribution in [0, 0.1) is 6.92 Å². The summed E-state index contributed by atoms with van der Waals surface area (Å²) >= 11 is 0. The van der Waals surface area contributed by atoms with Crippen molar-refractivity contribution < 1.29 is 0 Å². The lowest BCUT2D eigenvalue weighted by Gasteiger charge is -2.11. The Balaban J connectivity index is 0.00000225. The molecular weight excluding hydrogens is 425 g/mol. The quantitative estimate of drug-likeness (QED) is 0.318. The molecule has 0 saturated carbocycles. The van der Waals surface area contributed by atoms with E-state index in [0.29, 0.717) is 0 Å². The predicted molar refractivity (Wildman–Crippen MR) is 115 cm³/mol. The third kappa shape index (κ3) is 5.45. The normalized spacial score (nSPS) is 11.2. The molecule has 5 nitrogen and oxygen atoms in total. The van der Waals surface area contributed by atoms with Gasteiger partial charge in [0, 0.05) is 26.6 Å². The molecule has 0 aliphatic rings. The van der Waals surface area contributed by atoms with Gasteiger partial charge in [0.05, 0.1) is 11.0 Å². The second-order valence-corrected chi connectivity index (χ2v) is 5.79. The van der Waals surface area contributed by atoms with E-state index < -0.39 is 0 Å². The van der Waals surface area contributed by atoms with Gasteiger partial charge in [0.1, 0.15) is 5.82 Å². The lowest BCUT2D eigenvalue weighted by molar-refractivity contribution is 0.776. The number of nitrogens with one attached hydrogen (secondary N) is 3. The predicted octanol–water partition coefficient (Wildman–Crippen LogP) is 3.40. The molecule has 0 fully saturated rings. The number of aromatic amines is 1. The number of nitrogens with zero attached hydrogens (tertiary/aromatic N) is 2. The van der Waals surface area contributed by atoms with Crippen LogP contribution in [0.1, 0.15) is 17.0 Å². The number of benzene rings is 2. The first-order valence-electron chi connectivity index (χ1n) is 8.18. The summed E-state index contributed by atoms with van der Waals surface area (Å²) in [5.74, 6) is 1.78. The van der Waals surface area contributed by atoms with E-state index in [-0.39, 0.29) is 24.0 Å². The number of fused-ring (bicyclic) bond motifs is 1. The molecule has 25 heavy (non-hydrogen) atoms. The third-order valence-electron chi connectivity index (χ3n) is 3.86. The van der Waals surface area contributed by atoms with Crippen molar-refractivity contribution in [1.29, 1.82) is 0 Å². The van der Waals surface area contributed by atoms with Crippen molar-refractivity contribution in [1.82, 2.24) is 20.6 Å². The van der Waals surface area contributed by atoms with Crippen LogP contribution in [0.15, 0.2) is 53.5 Å². The van der Waals surface area contributed by atoms with Crippen LogP contribution in [0.3, 0.4) is 0 Å². The number of hydrogen-bond donors (Lipinski definition) is 3. The zero-order chi connectivity index (χ0) is 16.8. The Labute approximate surface area is 165 Å². The number of imidazole rings is 1. The summed E-state index contributed by atoms with van der Waals surface area (Å²) in [4.78, 5) is 12.2. The number of halogens is 1. The molecular formula is C19H24IN5. The maximum absolute atomic E-state index is 4.58. The maximum atomic E-state index is 4.58. The first kappa shape index (κ1) is 19.2. The molecule has 6 heteroatoms. The van der Waals surface area contributed by atoms with E-state index >= 15 is 0 Å². The second kappa shape index (κ2) is 9.41. The molecule has 0 atom stereocenters. The molecule has 0 amide bonds. The minimum absolute atomic E-state index is 0. The summed E-state index contributed by atoms with van der Waals surface area (Å²) < 4.78 is 0. The van der Waals surface area contributed by atoms with Gasteiger partial charge in [0.25, 0.3) is 0 Å². The van der Waals surface area contributed by atoms with Crippen molar-refractivity contribution in [2.75, 3.05) is 13.6 Å². The highest BCUT2D eigenvalue weighted by Gasteiger charge is 2.03.